The van der Waals surface area contributed by atoms with Gasteiger partial charge in [0.25, 0.3) is 0 Å². The van der Waals surface area contributed by atoms with Crippen molar-refractivity contribution in [2.75, 3.05) is 20.8 Å². The van der Waals surface area contributed by atoms with Crippen LogP contribution in [0.1, 0.15) is 19.8 Å². The first-order valence-electron chi connectivity index (χ1n) is 4.88. The largest absolute Gasteiger partial charge is 0.398 e. The molecular formula is C9H20O3Si. The maximum atomic E-state index is 5.53. The molecule has 0 aliphatic carbocycles. The number of hydrogen-bond acceptors (Lipinski definition) is 3. The lowest BCUT2D eigenvalue weighted by Crippen LogP contribution is -2.42. The molecule has 78 valence electrons. The fraction of sp³-hybridized carbons (Fsp3) is 1.00. The van der Waals surface area contributed by atoms with Crippen molar-refractivity contribution < 1.29 is 13.6 Å². The van der Waals surface area contributed by atoms with Crippen LogP contribution in [0.3, 0.4) is 0 Å². The van der Waals surface area contributed by atoms with Gasteiger partial charge in [-0.1, -0.05) is 13.3 Å². The fourth-order valence-corrected chi connectivity index (χ4v) is 3.96. The lowest BCUT2D eigenvalue weighted by Gasteiger charge is -2.30. The summed E-state index contributed by atoms with van der Waals surface area (Å²) in [5.74, 6) is 0. The highest BCUT2D eigenvalue weighted by Gasteiger charge is 2.41. The molecule has 4 heteroatoms. The SMILES string of the molecule is CCC(CC1CO1)[Si](C)(OC)OC. The zero-order valence-corrected chi connectivity index (χ0v) is 10.0. The molecule has 0 aromatic carbocycles. The Balaban J connectivity index is 2.49. The van der Waals surface area contributed by atoms with Crippen molar-refractivity contribution >= 4 is 8.56 Å². The average molecular weight is 204 g/mol. The van der Waals surface area contributed by atoms with Gasteiger partial charge in [-0.25, -0.2) is 0 Å². The highest BCUT2D eigenvalue weighted by atomic mass is 28.4. The third-order valence-corrected chi connectivity index (χ3v) is 6.74. The first kappa shape index (κ1) is 11.2. The molecule has 0 amide bonds. The Morgan fingerprint density at radius 1 is 1.46 bits per heavy atom. The smallest absolute Gasteiger partial charge is 0.337 e. The monoisotopic (exact) mass is 204 g/mol. The molecule has 1 rings (SSSR count). The van der Waals surface area contributed by atoms with Crippen LogP contribution in [0, 0.1) is 0 Å². The molecule has 2 unspecified atom stereocenters. The van der Waals surface area contributed by atoms with Gasteiger partial charge < -0.3 is 13.6 Å². The van der Waals surface area contributed by atoms with Crippen molar-refractivity contribution in [1.29, 1.82) is 0 Å². The normalized spacial score (nSPS) is 24.5. The van der Waals surface area contributed by atoms with E-state index in [1.54, 1.807) is 14.2 Å². The molecule has 3 nitrogen and oxygen atoms in total. The molecule has 1 aliphatic heterocycles. The maximum absolute atomic E-state index is 5.53. The van der Waals surface area contributed by atoms with Crippen LogP contribution in [0.5, 0.6) is 0 Å². The third kappa shape index (κ3) is 2.77. The summed E-state index contributed by atoms with van der Waals surface area (Å²) in [7, 11) is 1.58. The Morgan fingerprint density at radius 2 is 2.00 bits per heavy atom. The lowest BCUT2D eigenvalue weighted by atomic mass is 10.2. The summed E-state index contributed by atoms with van der Waals surface area (Å²) >= 11 is 0. The van der Waals surface area contributed by atoms with Gasteiger partial charge in [0.05, 0.1) is 12.7 Å². The Morgan fingerprint density at radius 3 is 2.31 bits per heavy atom. The Kier molecular flexibility index (Phi) is 3.91. The van der Waals surface area contributed by atoms with Crippen molar-refractivity contribution in [3.63, 3.8) is 0 Å². The summed E-state index contributed by atoms with van der Waals surface area (Å²) in [5, 5.41) is 0. The second-order valence-corrected chi connectivity index (χ2v) is 7.39. The van der Waals surface area contributed by atoms with E-state index in [9.17, 15) is 0 Å². The van der Waals surface area contributed by atoms with E-state index < -0.39 is 8.56 Å². The first-order chi connectivity index (χ1) is 6.16. The van der Waals surface area contributed by atoms with Gasteiger partial charge in [0.15, 0.2) is 0 Å². The van der Waals surface area contributed by atoms with E-state index in [-0.39, 0.29) is 0 Å². The van der Waals surface area contributed by atoms with Crippen molar-refractivity contribution in [3.8, 4) is 0 Å². The quantitative estimate of drug-likeness (QED) is 0.489. The van der Waals surface area contributed by atoms with Gasteiger partial charge in [-0.3, -0.25) is 0 Å². The summed E-state index contributed by atoms with van der Waals surface area (Å²) in [6.45, 7) is 5.24. The van der Waals surface area contributed by atoms with Gasteiger partial charge in [-0.15, -0.1) is 0 Å². The molecule has 13 heavy (non-hydrogen) atoms. The van der Waals surface area contributed by atoms with Gasteiger partial charge in [0.1, 0.15) is 0 Å². The van der Waals surface area contributed by atoms with E-state index in [0.717, 1.165) is 19.4 Å². The minimum atomic E-state index is -1.93. The fourth-order valence-electron chi connectivity index (χ4n) is 1.69. The van der Waals surface area contributed by atoms with Crippen molar-refractivity contribution in [1.82, 2.24) is 0 Å². The minimum absolute atomic E-state index is 0.474. The van der Waals surface area contributed by atoms with E-state index in [1.807, 2.05) is 0 Å². The maximum Gasteiger partial charge on any atom is 0.337 e. The second kappa shape index (κ2) is 4.55. The van der Waals surface area contributed by atoms with E-state index in [0.29, 0.717) is 11.6 Å². The van der Waals surface area contributed by atoms with Gasteiger partial charge in [-0.2, -0.15) is 0 Å². The zero-order valence-electron chi connectivity index (χ0n) is 9.00. The Hall–Kier alpha value is 0.0969. The Labute approximate surface area is 81.6 Å². The summed E-state index contributed by atoms with van der Waals surface area (Å²) in [5.41, 5.74) is 0.551. The van der Waals surface area contributed by atoms with Crippen molar-refractivity contribution in [2.24, 2.45) is 0 Å². The topological polar surface area (TPSA) is 31.0 Å². The molecule has 1 saturated heterocycles. The van der Waals surface area contributed by atoms with Crippen molar-refractivity contribution in [3.05, 3.63) is 0 Å². The molecule has 0 radical (unpaired) electrons. The van der Waals surface area contributed by atoms with Crippen LogP contribution in [-0.4, -0.2) is 35.5 Å². The summed E-state index contributed by atoms with van der Waals surface area (Å²) in [4.78, 5) is 0. The number of hydrogen-bond donors (Lipinski definition) is 0. The van der Waals surface area contributed by atoms with Crippen LogP contribution < -0.4 is 0 Å². The zero-order chi connectivity index (χ0) is 9.90. The van der Waals surface area contributed by atoms with E-state index in [4.69, 9.17) is 13.6 Å². The van der Waals surface area contributed by atoms with Gasteiger partial charge in [-0.05, 0) is 13.0 Å². The summed E-state index contributed by atoms with van der Waals surface area (Å²) in [6, 6.07) is 0. The van der Waals surface area contributed by atoms with E-state index in [1.165, 1.54) is 0 Å². The molecule has 1 aliphatic rings. The molecule has 0 bridgehead atoms. The number of rotatable bonds is 6. The minimum Gasteiger partial charge on any atom is -0.398 e. The van der Waals surface area contributed by atoms with Gasteiger partial charge >= 0.3 is 8.56 Å². The van der Waals surface area contributed by atoms with E-state index >= 15 is 0 Å². The van der Waals surface area contributed by atoms with Crippen LogP contribution in [-0.2, 0) is 13.6 Å². The van der Waals surface area contributed by atoms with Crippen LogP contribution in [0.15, 0.2) is 0 Å². The molecule has 1 heterocycles. The highest BCUT2D eigenvalue weighted by molar-refractivity contribution is 6.67. The molecular weight excluding hydrogens is 184 g/mol. The molecule has 0 saturated carbocycles. The highest BCUT2D eigenvalue weighted by Crippen LogP contribution is 2.34. The number of ether oxygens (including phenoxy) is 1. The van der Waals surface area contributed by atoms with Crippen LogP contribution in [0.2, 0.25) is 12.1 Å². The van der Waals surface area contributed by atoms with Crippen molar-refractivity contribution in [2.45, 2.75) is 38.0 Å². The van der Waals surface area contributed by atoms with Gasteiger partial charge in [0, 0.05) is 19.8 Å². The third-order valence-electron chi connectivity index (χ3n) is 2.99. The standard InChI is InChI=1S/C9H20O3Si/c1-5-9(6-8-7-12-8)13(4,10-2)11-3/h8-9H,5-7H2,1-4H3. The summed E-state index contributed by atoms with van der Waals surface area (Å²) < 4.78 is 16.3. The first-order valence-corrected chi connectivity index (χ1v) is 7.27. The predicted molar refractivity (Wildman–Crippen MR) is 54.0 cm³/mol. The van der Waals surface area contributed by atoms with Crippen LogP contribution in [0.25, 0.3) is 0 Å². The molecule has 0 aromatic rings. The molecule has 0 aromatic heterocycles. The molecule has 1 fully saturated rings. The van der Waals surface area contributed by atoms with E-state index in [2.05, 4.69) is 13.5 Å². The second-order valence-electron chi connectivity index (χ2n) is 3.72. The van der Waals surface area contributed by atoms with Crippen LogP contribution >= 0.6 is 0 Å². The average Bonchev–Trinajstić information content (AvgIpc) is 2.96. The number of epoxide rings is 1. The molecule has 0 spiro atoms. The Bertz CT molecular complexity index is 155. The van der Waals surface area contributed by atoms with Gasteiger partial charge in [0.2, 0.25) is 0 Å². The predicted octanol–water partition coefficient (Wildman–Crippen LogP) is 1.92. The summed E-state index contributed by atoms with van der Waals surface area (Å²) in [6.07, 6.45) is 2.69. The van der Waals surface area contributed by atoms with Crippen LogP contribution in [0.4, 0.5) is 0 Å². The lowest BCUT2D eigenvalue weighted by molar-refractivity contribution is 0.228. The molecule has 0 N–H and O–H groups in total. The molecule has 2 atom stereocenters.